The lowest BCUT2D eigenvalue weighted by atomic mass is 10.2. The van der Waals surface area contributed by atoms with Crippen LogP contribution in [0.1, 0.15) is 5.56 Å². The molecular formula is C15H13FN2O2. The van der Waals surface area contributed by atoms with Crippen LogP contribution in [0.3, 0.4) is 0 Å². The van der Waals surface area contributed by atoms with Crippen molar-refractivity contribution in [3.05, 3.63) is 60.1 Å². The molecule has 0 amide bonds. The van der Waals surface area contributed by atoms with Gasteiger partial charge in [0.25, 0.3) is 0 Å². The maximum atomic E-state index is 13.7. The van der Waals surface area contributed by atoms with Crippen LogP contribution in [0.4, 0.5) is 15.9 Å². The van der Waals surface area contributed by atoms with Crippen molar-refractivity contribution in [1.29, 1.82) is 0 Å². The molecule has 0 fully saturated rings. The molecule has 0 aliphatic rings. The van der Waals surface area contributed by atoms with Crippen molar-refractivity contribution in [1.82, 2.24) is 4.98 Å². The van der Waals surface area contributed by atoms with Crippen LogP contribution in [0.5, 0.6) is 0 Å². The Kier molecular flexibility index (Phi) is 4.10. The normalized spacial score (nSPS) is 10.7. The van der Waals surface area contributed by atoms with Crippen molar-refractivity contribution < 1.29 is 14.3 Å². The zero-order valence-electron chi connectivity index (χ0n) is 10.8. The van der Waals surface area contributed by atoms with Gasteiger partial charge in [0.2, 0.25) is 0 Å². The average Bonchev–Trinajstić information content (AvgIpc) is 2.45. The van der Waals surface area contributed by atoms with Gasteiger partial charge in [0.15, 0.2) is 0 Å². The van der Waals surface area contributed by atoms with E-state index in [2.05, 4.69) is 4.98 Å². The van der Waals surface area contributed by atoms with Crippen molar-refractivity contribution in [2.75, 3.05) is 11.9 Å². The molecule has 1 aromatic heterocycles. The molecule has 0 spiro atoms. The molecule has 102 valence electrons. The van der Waals surface area contributed by atoms with E-state index in [0.717, 1.165) is 6.08 Å². The number of carboxylic acid groups (broad SMARTS) is 1. The summed E-state index contributed by atoms with van der Waals surface area (Å²) in [5, 5.41) is 8.54. The molecule has 20 heavy (non-hydrogen) atoms. The summed E-state index contributed by atoms with van der Waals surface area (Å²) in [7, 11) is 1.72. The number of carbonyl (C=O) groups is 1. The number of rotatable bonds is 4. The molecule has 5 heteroatoms. The molecule has 0 aliphatic heterocycles. The Balaban J connectivity index is 2.22. The van der Waals surface area contributed by atoms with Crippen LogP contribution in [-0.2, 0) is 4.79 Å². The number of benzene rings is 1. The molecule has 0 unspecified atom stereocenters. The van der Waals surface area contributed by atoms with Gasteiger partial charge in [-0.2, -0.15) is 0 Å². The zero-order chi connectivity index (χ0) is 14.5. The first kappa shape index (κ1) is 13.7. The Labute approximate surface area is 115 Å². The molecule has 4 nitrogen and oxygen atoms in total. The van der Waals surface area contributed by atoms with Gasteiger partial charge in [-0.05, 0) is 35.9 Å². The number of anilines is 2. The second kappa shape index (κ2) is 5.97. The molecule has 0 bridgehead atoms. The molecule has 1 aromatic carbocycles. The summed E-state index contributed by atoms with van der Waals surface area (Å²) in [6.45, 7) is 0. The summed E-state index contributed by atoms with van der Waals surface area (Å²) in [6.07, 6.45) is 4.02. The second-order valence-electron chi connectivity index (χ2n) is 4.13. The molecule has 0 saturated heterocycles. The standard InChI is InChI=1S/C15H13FN2O2/c1-18(13-5-3-2-4-12(13)16)14-8-6-11(10-17-14)7-9-15(19)20/h2-10H,1H3,(H,19,20)/b9-7+. The summed E-state index contributed by atoms with van der Waals surface area (Å²) >= 11 is 0. The first-order valence-electron chi connectivity index (χ1n) is 5.93. The van der Waals surface area contributed by atoms with Crippen LogP contribution in [0.15, 0.2) is 48.7 Å². The van der Waals surface area contributed by atoms with Crippen molar-refractivity contribution in [2.24, 2.45) is 0 Å². The van der Waals surface area contributed by atoms with Gasteiger partial charge in [-0.25, -0.2) is 14.2 Å². The van der Waals surface area contributed by atoms with E-state index >= 15 is 0 Å². The number of aliphatic carboxylic acids is 1. The Morgan fingerprint density at radius 2 is 2.05 bits per heavy atom. The fourth-order valence-electron chi connectivity index (χ4n) is 1.71. The predicted octanol–water partition coefficient (Wildman–Crippen LogP) is 3.09. The fourth-order valence-corrected chi connectivity index (χ4v) is 1.71. The highest BCUT2D eigenvalue weighted by molar-refractivity contribution is 5.85. The topological polar surface area (TPSA) is 53.4 Å². The highest BCUT2D eigenvalue weighted by Crippen LogP contribution is 2.24. The van der Waals surface area contributed by atoms with Crippen LogP contribution >= 0.6 is 0 Å². The van der Waals surface area contributed by atoms with E-state index in [1.165, 1.54) is 18.3 Å². The molecule has 1 N–H and O–H groups in total. The maximum Gasteiger partial charge on any atom is 0.328 e. The number of nitrogens with zero attached hydrogens (tertiary/aromatic N) is 2. The van der Waals surface area contributed by atoms with E-state index < -0.39 is 5.97 Å². The lowest BCUT2D eigenvalue weighted by Crippen LogP contribution is -2.12. The average molecular weight is 272 g/mol. The van der Waals surface area contributed by atoms with Crippen LogP contribution in [0.25, 0.3) is 6.08 Å². The summed E-state index contributed by atoms with van der Waals surface area (Å²) < 4.78 is 13.7. The minimum Gasteiger partial charge on any atom is -0.478 e. The smallest absolute Gasteiger partial charge is 0.328 e. The number of hydrogen-bond acceptors (Lipinski definition) is 3. The molecule has 0 saturated carbocycles. The van der Waals surface area contributed by atoms with Crippen LogP contribution in [0.2, 0.25) is 0 Å². The highest BCUT2D eigenvalue weighted by atomic mass is 19.1. The van der Waals surface area contributed by atoms with Crippen molar-refractivity contribution in [3.63, 3.8) is 0 Å². The molecule has 2 aromatic rings. The molecule has 0 aliphatic carbocycles. The van der Waals surface area contributed by atoms with E-state index in [-0.39, 0.29) is 5.82 Å². The zero-order valence-corrected chi connectivity index (χ0v) is 10.8. The van der Waals surface area contributed by atoms with E-state index in [0.29, 0.717) is 17.1 Å². The van der Waals surface area contributed by atoms with Gasteiger partial charge in [0.05, 0.1) is 5.69 Å². The van der Waals surface area contributed by atoms with Gasteiger partial charge < -0.3 is 10.0 Å². The van der Waals surface area contributed by atoms with E-state index in [9.17, 15) is 9.18 Å². The van der Waals surface area contributed by atoms with Gasteiger partial charge in [-0.15, -0.1) is 0 Å². The Bertz CT molecular complexity index is 639. The monoisotopic (exact) mass is 272 g/mol. The lowest BCUT2D eigenvalue weighted by molar-refractivity contribution is -0.131. The van der Waals surface area contributed by atoms with Crippen LogP contribution in [0, 0.1) is 5.82 Å². The number of hydrogen-bond donors (Lipinski definition) is 1. The van der Waals surface area contributed by atoms with Crippen molar-refractivity contribution in [2.45, 2.75) is 0 Å². The minimum atomic E-state index is -1.02. The molecule has 0 atom stereocenters. The lowest BCUT2D eigenvalue weighted by Gasteiger charge is -2.18. The fraction of sp³-hybridized carbons (Fsp3) is 0.0667. The molecule has 0 radical (unpaired) electrons. The third kappa shape index (κ3) is 3.20. The summed E-state index contributed by atoms with van der Waals surface area (Å²) in [6, 6.07) is 9.84. The molecule has 2 rings (SSSR count). The summed E-state index contributed by atoms with van der Waals surface area (Å²) in [5.74, 6) is -0.772. The van der Waals surface area contributed by atoms with E-state index in [4.69, 9.17) is 5.11 Å². The van der Waals surface area contributed by atoms with E-state index in [1.54, 1.807) is 42.3 Å². The predicted molar refractivity (Wildman–Crippen MR) is 75.4 cm³/mol. The maximum absolute atomic E-state index is 13.7. The quantitative estimate of drug-likeness (QED) is 0.869. The number of pyridine rings is 1. The van der Waals surface area contributed by atoms with Crippen LogP contribution in [-0.4, -0.2) is 23.1 Å². The van der Waals surface area contributed by atoms with E-state index in [1.807, 2.05) is 0 Å². The SMILES string of the molecule is CN(c1ccc(/C=C/C(=O)O)cn1)c1ccccc1F. The van der Waals surface area contributed by atoms with Gasteiger partial charge in [0.1, 0.15) is 11.6 Å². The highest BCUT2D eigenvalue weighted by Gasteiger charge is 2.09. The Morgan fingerprint density at radius 1 is 1.30 bits per heavy atom. The Hall–Kier alpha value is -2.69. The first-order chi connectivity index (χ1) is 9.58. The minimum absolute atomic E-state index is 0.327. The van der Waals surface area contributed by atoms with Gasteiger partial charge >= 0.3 is 5.97 Å². The molecular weight excluding hydrogens is 259 g/mol. The van der Waals surface area contributed by atoms with Gasteiger partial charge in [0, 0.05) is 19.3 Å². The van der Waals surface area contributed by atoms with Crippen molar-refractivity contribution in [3.8, 4) is 0 Å². The third-order valence-corrected chi connectivity index (χ3v) is 2.75. The second-order valence-corrected chi connectivity index (χ2v) is 4.13. The number of halogens is 1. The number of carboxylic acids is 1. The summed E-state index contributed by atoms with van der Waals surface area (Å²) in [5.41, 5.74) is 1.09. The Morgan fingerprint density at radius 3 is 2.65 bits per heavy atom. The summed E-state index contributed by atoms with van der Waals surface area (Å²) in [4.78, 5) is 16.2. The third-order valence-electron chi connectivity index (χ3n) is 2.75. The van der Waals surface area contributed by atoms with Gasteiger partial charge in [-0.3, -0.25) is 0 Å². The molecule has 1 heterocycles. The van der Waals surface area contributed by atoms with Gasteiger partial charge in [-0.1, -0.05) is 12.1 Å². The number of aromatic nitrogens is 1. The van der Waals surface area contributed by atoms with Crippen LogP contribution < -0.4 is 4.90 Å². The first-order valence-corrected chi connectivity index (χ1v) is 5.93. The number of para-hydroxylation sites is 1. The largest absolute Gasteiger partial charge is 0.478 e. The van der Waals surface area contributed by atoms with Crippen molar-refractivity contribution >= 4 is 23.6 Å².